The van der Waals surface area contributed by atoms with Crippen molar-refractivity contribution in [3.8, 4) is 0 Å². The van der Waals surface area contributed by atoms with E-state index in [-0.39, 0.29) is 17.9 Å². The summed E-state index contributed by atoms with van der Waals surface area (Å²) in [5.41, 5.74) is 1.78. The van der Waals surface area contributed by atoms with Crippen LogP contribution in [0.3, 0.4) is 0 Å². The summed E-state index contributed by atoms with van der Waals surface area (Å²) >= 11 is 1.63. The number of amides is 2. The van der Waals surface area contributed by atoms with E-state index in [1.165, 1.54) is 0 Å². The van der Waals surface area contributed by atoms with Crippen LogP contribution in [0.1, 0.15) is 24.6 Å². The smallest absolute Gasteiger partial charge is 0.242 e. The van der Waals surface area contributed by atoms with Crippen LogP contribution in [0.25, 0.3) is 0 Å². The Bertz CT molecular complexity index is 698. The second-order valence-corrected chi connectivity index (χ2v) is 6.89. The lowest BCUT2D eigenvalue weighted by Gasteiger charge is -2.18. The zero-order chi connectivity index (χ0) is 16.9. The van der Waals surface area contributed by atoms with Gasteiger partial charge < -0.3 is 15.5 Å². The predicted octanol–water partition coefficient (Wildman–Crippen LogP) is 2.99. The van der Waals surface area contributed by atoms with Gasteiger partial charge in [-0.1, -0.05) is 6.07 Å². The van der Waals surface area contributed by atoms with Crippen LogP contribution in [-0.2, 0) is 16.1 Å². The van der Waals surface area contributed by atoms with Crippen LogP contribution in [0.2, 0.25) is 0 Å². The molecular weight excluding hydrogens is 322 g/mol. The van der Waals surface area contributed by atoms with Crippen LogP contribution < -0.4 is 15.5 Å². The maximum atomic E-state index is 12.1. The van der Waals surface area contributed by atoms with E-state index in [4.69, 9.17) is 0 Å². The van der Waals surface area contributed by atoms with E-state index in [0.717, 1.165) is 29.2 Å². The Labute approximate surface area is 145 Å². The number of hydrogen-bond acceptors (Lipinski definition) is 4. The molecule has 1 fully saturated rings. The van der Waals surface area contributed by atoms with Gasteiger partial charge in [0.05, 0.1) is 6.54 Å². The number of nitrogens with zero attached hydrogens (tertiary/aromatic N) is 1. The van der Waals surface area contributed by atoms with Gasteiger partial charge in [0.25, 0.3) is 0 Å². The molecule has 3 rings (SSSR count). The fourth-order valence-corrected chi connectivity index (χ4v) is 3.36. The molecule has 2 N–H and O–H groups in total. The van der Waals surface area contributed by atoms with Gasteiger partial charge in [-0.15, -0.1) is 11.3 Å². The van der Waals surface area contributed by atoms with Crippen LogP contribution in [0.4, 0.5) is 11.4 Å². The standard InChI is InChI=1S/C18H21N3O2S/c1-13(18(23)19-12-16-4-3-11-24-16)20-14-6-8-15(9-7-14)21-10-2-5-17(21)22/h3-4,6-9,11,13,20H,2,5,10,12H2,1H3,(H,19,23). The average Bonchev–Trinajstić information content (AvgIpc) is 3.25. The van der Waals surface area contributed by atoms with Crippen LogP contribution >= 0.6 is 11.3 Å². The first-order chi connectivity index (χ1) is 11.6. The summed E-state index contributed by atoms with van der Waals surface area (Å²) in [7, 11) is 0. The number of carbonyl (C=O) groups is 2. The molecule has 1 aromatic carbocycles. The minimum absolute atomic E-state index is 0.0396. The van der Waals surface area contributed by atoms with Crippen molar-refractivity contribution >= 4 is 34.5 Å². The molecule has 0 spiro atoms. The van der Waals surface area contributed by atoms with Crippen molar-refractivity contribution in [3.05, 3.63) is 46.7 Å². The van der Waals surface area contributed by atoms with Gasteiger partial charge in [-0.05, 0) is 49.1 Å². The van der Waals surface area contributed by atoms with Gasteiger partial charge in [-0.2, -0.15) is 0 Å². The Balaban J connectivity index is 1.53. The van der Waals surface area contributed by atoms with E-state index in [1.54, 1.807) is 16.2 Å². The predicted molar refractivity (Wildman–Crippen MR) is 97.3 cm³/mol. The molecule has 2 aromatic rings. The molecule has 1 aliphatic rings. The minimum atomic E-state index is -0.329. The molecule has 2 amide bonds. The molecule has 24 heavy (non-hydrogen) atoms. The van der Waals surface area contributed by atoms with Crippen LogP contribution in [0, 0.1) is 0 Å². The first-order valence-corrected chi connectivity index (χ1v) is 8.98. The number of hydrogen-bond donors (Lipinski definition) is 2. The maximum Gasteiger partial charge on any atom is 0.242 e. The molecule has 2 heterocycles. The third-order valence-electron chi connectivity index (χ3n) is 4.05. The Morgan fingerprint density at radius 1 is 1.29 bits per heavy atom. The SMILES string of the molecule is CC(Nc1ccc(N2CCCC2=O)cc1)C(=O)NCc1cccs1. The van der Waals surface area contributed by atoms with Crippen molar-refractivity contribution in [1.29, 1.82) is 0 Å². The summed E-state index contributed by atoms with van der Waals surface area (Å²) in [5, 5.41) is 8.11. The lowest BCUT2D eigenvalue weighted by atomic mass is 10.2. The molecule has 0 radical (unpaired) electrons. The van der Waals surface area contributed by atoms with Crippen molar-refractivity contribution < 1.29 is 9.59 Å². The van der Waals surface area contributed by atoms with E-state index in [9.17, 15) is 9.59 Å². The van der Waals surface area contributed by atoms with Crippen molar-refractivity contribution in [1.82, 2.24) is 5.32 Å². The Morgan fingerprint density at radius 2 is 2.08 bits per heavy atom. The van der Waals surface area contributed by atoms with Gasteiger partial charge >= 0.3 is 0 Å². The summed E-state index contributed by atoms with van der Waals surface area (Å²) in [6.45, 7) is 3.17. The third kappa shape index (κ3) is 3.94. The first kappa shape index (κ1) is 16.5. The highest BCUT2D eigenvalue weighted by Gasteiger charge is 2.21. The molecule has 0 saturated carbocycles. The Kier molecular flexibility index (Phi) is 5.15. The third-order valence-corrected chi connectivity index (χ3v) is 4.92. The average molecular weight is 343 g/mol. The normalized spacial score (nSPS) is 15.4. The van der Waals surface area contributed by atoms with Crippen molar-refractivity contribution in [2.75, 3.05) is 16.8 Å². The van der Waals surface area contributed by atoms with Crippen molar-refractivity contribution in [2.45, 2.75) is 32.4 Å². The Morgan fingerprint density at radius 3 is 2.71 bits per heavy atom. The minimum Gasteiger partial charge on any atom is -0.374 e. The van der Waals surface area contributed by atoms with E-state index >= 15 is 0 Å². The molecule has 0 aliphatic carbocycles. The lowest BCUT2D eigenvalue weighted by Crippen LogP contribution is -2.37. The van der Waals surface area contributed by atoms with Crippen LogP contribution in [0.5, 0.6) is 0 Å². The molecule has 1 atom stereocenters. The van der Waals surface area contributed by atoms with E-state index in [0.29, 0.717) is 13.0 Å². The quantitative estimate of drug-likeness (QED) is 0.848. The van der Waals surface area contributed by atoms with Crippen LogP contribution in [0.15, 0.2) is 41.8 Å². The molecule has 6 heteroatoms. The molecule has 126 valence electrons. The fraction of sp³-hybridized carbons (Fsp3) is 0.333. The van der Waals surface area contributed by atoms with Crippen molar-refractivity contribution in [3.63, 3.8) is 0 Å². The summed E-state index contributed by atoms with van der Waals surface area (Å²) in [4.78, 5) is 26.8. The number of carbonyl (C=O) groups excluding carboxylic acids is 2. The molecular formula is C18H21N3O2S. The van der Waals surface area contributed by atoms with Crippen LogP contribution in [-0.4, -0.2) is 24.4 Å². The van der Waals surface area contributed by atoms with E-state index in [2.05, 4.69) is 10.6 Å². The topological polar surface area (TPSA) is 61.4 Å². The molecule has 5 nitrogen and oxygen atoms in total. The van der Waals surface area contributed by atoms with Gasteiger partial charge in [0.2, 0.25) is 11.8 Å². The number of nitrogens with one attached hydrogen (secondary N) is 2. The summed E-state index contributed by atoms with van der Waals surface area (Å²) in [6, 6.07) is 11.3. The molecule has 0 bridgehead atoms. The highest BCUT2D eigenvalue weighted by atomic mass is 32.1. The number of rotatable bonds is 6. The summed E-state index contributed by atoms with van der Waals surface area (Å²) in [5.74, 6) is 0.138. The molecule has 1 saturated heterocycles. The first-order valence-electron chi connectivity index (χ1n) is 8.10. The van der Waals surface area contributed by atoms with Crippen molar-refractivity contribution in [2.24, 2.45) is 0 Å². The van der Waals surface area contributed by atoms with E-state index < -0.39 is 0 Å². The second-order valence-electron chi connectivity index (χ2n) is 5.86. The summed E-state index contributed by atoms with van der Waals surface area (Å²) < 4.78 is 0. The highest BCUT2D eigenvalue weighted by Crippen LogP contribution is 2.23. The van der Waals surface area contributed by atoms with Gasteiger partial charge in [0.1, 0.15) is 6.04 Å². The molecule has 1 aromatic heterocycles. The Hall–Kier alpha value is -2.34. The molecule has 1 aliphatic heterocycles. The summed E-state index contributed by atoms with van der Waals surface area (Å²) in [6.07, 6.45) is 1.54. The fourth-order valence-electron chi connectivity index (χ4n) is 2.71. The number of benzene rings is 1. The second kappa shape index (κ2) is 7.49. The zero-order valence-corrected chi connectivity index (χ0v) is 14.4. The largest absolute Gasteiger partial charge is 0.374 e. The highest BCUT2D eigenvalue weighted by molar-refractivity contribution is 7.09. The number of thiophene rings is 1. The lowest BCUT2D eigenvalue weighted by molar-refractivity contribution is -0.121. The van der Waals surface area contributed by atoms with Gasteiger partial charge in [-0.25, -0.2) is 0 Å². The monoisotopic (exact) mass is 343 g/mol. The number of anilines is 2. The van der Waals surface area contributed by atoms with Gasteiger partial charge in [0, 0.05) is 29.2 Å². The van der Waals surface area contributed by atoms with E-state index in [1.807, 2.05) is 48.7 Å². The molecule has 1 unspecified atom stereocenters. The van der Waals surface area contributed by atoms with Gasteiger partial charge in [-0.3, -0.25) is 9.59 Å². The maximum absolute atomic E-state index is 12.1. The van der Waals surface area contributed by atoms with Gasteiger partial charge in [0.15, 0.2) is 0 Å². The zero-order valence-electron chi connectivity index (χ0n) is 13.6.